The van der Waals surface area contributed by atoms with Crippen LogP contribution < -0.4 is 14.8 Å². The van der Waals surface area contributed by atoms with Crippen LogP contribution in [0.1, 0.15) is 40.7 Å². The van der Waals surface area contributed by atoms with E-state index >= 15 is 0 Å². The summed E-state index contributed by atoms with van der Waals surface area (Å²) >= 11 is 0. The van der Waals surface area contributed by atoms with Crippen LogP contribution in [0.2, 0.25) is 0 Å². The summed E-state index contributed by atoms with van der Waals surface area (Å²) in [6, 6.07) is 10.9. The minimum Gasteiger partial charge on any atom is -0.497 e. The highest BCUT2D eigenvalue weighted by Crippen LogP contribution is 2.31. The second-order valence-electron chi connectivity index (χ2n) is 6.40. The van der Waals surface area contributed by atoms with E-state index in [0.29, 0.717) is 5.95 Å². The number of hydrogen-bond donors (Lipinski definition) is 1. The van der Waals surface area contributed by atoms with Gasteiger partial charge in [-0.3, -0.25) is 4.79 Å². The molecular formula is C20H21N3O4. The normalized spacial score (nSPS) is 15.9. The minimum absolute atomic E-state index is 0.0932. The number of furan rings is 1. The number of carbonyl (C=O) groups excluding carboxylic acids is 1. The van der Waals surface area contributed by atoms with E-state index in [2.05, 4.69) is 10.4 Å². The van der Waals surface area contributed by atoms with Crippen molar-refractivity contribution in [3.05, 3.63) is 59.6 Å². The number of amides is 1. The Kier molecular flexibility index (Phi) is 4.58. The highest BCUT2D eigenvalue weighted by molar-refractivity contribution is 5.91. The van der Waals surface area contributed by atoms with Gasteiger partial charge in [-0.2, -0.15) is 5.10 Å². The van der Waals surface area contributed by atoms with Gasteiger partial charge < -0.3 is 19.2 Å². The van der Waals surface area contributed by atoms with Crippen molar-refractivity contribution >= 4 is 5.91 Å². The van der Waals surface area contributed by atoms with Crippen LogP contribution in [0.15, 0.2) is 47.0 Å². The molecule has 1 atom stereocenters. The van der Waals surface area contributed by atoms with Crippen LogP contribution in [0.5, 0.6) is 11.7 Å². The lowest BCUT2D eigenvalue weighted by molar-refractivity contribution is 0.0898. The molecule has 27 heavy (non-hydrogen) atoms. The molecule has 0 spiro atoms. The predicted octanol–water partition coefficient (Wildman–Crippen LogP) is 3.29. The van der Waals surface area contributed by atoms with Gasteiger partial charge in [-0.15, -0.1) is 0 Å². The second kappa shape index (κ2) is 7.19. The van der Waals surface area contributed by atoms with Crippen molar-refractivity contribution in [3.8, 4) is 17.4 Å². The molecule has 1 aliphatic carbocycles. The monoisotopic (exact) mass is 367 g/mol. The molecule has 0 radical (unpaired) electrons. The average Bonchev–Trinajstić information content (AvgIpc) is 3.36. The molecule has 1 amide bonds. The molecule has 0 unspecified atom stereocenters. The number of benzene rings is 1. The Labute approximate surface area is 156 Å². The Bertz CT molecular complexity index is 943. The lowest BCUT2D eigenvalue weighted by Gasteiger charge is -2.24. The molecule has 7 nitrogen and oxygen atoms in total. The highest BCUT2D eigenvalue weighted by Gasteiger charge is 2.27. The summed E-state index contributed by atoms with van der Waals surface area (Å²) in [6.45, 7) is 0. The summed E-state index contributed by atoms with van der Waals surface area (Å²) in [5.74, 6) is 1.10. The molecule has 0 saturated carbocycles. The van der Waals surface area contributed by atoms with E-state index in [1.807, 2.05) is 35.1 Å². The molecule has 0 bridgehead atoms. The standard InChI is InChI=1S/C20H21N3O4/c1-25-14-8-6-13(7-9-14)23-17-5-3-4-16(15(17)12-21-23)22-20(24)18-10-11-19(26-2)27-18/h6-12,16H,3-5H2,1-2H3,(H,22,24)/t16-/m1/s1. The number of nitrogens with one attached hydrogen (secondary N) is 1. The topological polar surface area (TPSA) is 78.5 Å². The van der Waals surface area contributed by atoms with Crippen molar-refractivity contribution in [2.75, 3.05) is 14.2 Å². The number of ether oxygens (including phenoxy) is 2. The van der Waals surface area contributed by atoms with Crippen LogP contribution in [-0.4, -0.2) is 29.9 Å². The molecule has 2 heterocycles. The Morgan fingerprint density at radius 2 is 2.00 bits per heavy atom. The number of methoxy groups -OCH3 is 2. The molecule has 0 aliphatic heterocycles. The van der Waals surface area contributed by atoms with Crippen molar-refractivity contribution in [2.24, 2.45) is 0 Å². The van der Waals surface area contributed by atoms with Crippen LogP contribution in [0, 0.1) is 0 Å². The van der Waals surface area contributed by atoms with Crippen molar-refractivity contribution in [1.29, 1.82) is 0 Å². The van der Waals surface area contributed by atoms with Gasteiger partial charge in [-0.25, -0.2) is 4.68 Å². The van der Waals surface area contributed by atoms with E-state index in [1.54, 1.807) is 19.2 Å². The first-order valence-electron chi connectivity index (χ1n) is 8.85. The maximum atomic E-state index is 12.5. The Morgan fingerprint density at radius 3 is 2.70 bits per heavy atom. The lowest BCUT2D eigenvalue weighted by Crippen LogP contribution is -2.30. The van der Waals surface area contributed by atoms with Crippen LogP contribution in [0.3, 0.4) is 0 Å². The summed E-state index contributed by atoms with van der Waals surface area (Å²) in [6.07, 6.45) is 4.60. The van der Waals surface area contributed by atoms with Crippen molar-refractivity contribution in [1.82, 2.24) is 15.1 Å². The third kappa shape index (κ3) is 3.28. The zero-order chi connectivity index (χ0) is 18.8. The fourth-order valence-electron chi connectivity index (χ4n) is 3.43. The van der Waals surface area contributed by atoms with Crippen LogP contribution in [0.25, 0.3) is 5.69 Å². The number of nitrogens with zero attached hydrogens (tertiary/aromatic N) is 2. The van der Waals surface area contributed by atoms with Crippen molar-refractivity contribution < 1.29 is 18.7 Å². The highest BCUT2D eigenvalue weighted by atomic mass is 16.6. The number of rotatable bonds is 5. The minimum atomic E-state index is -0.256. The SMILES string of the molecule is COc1ccc(-n2ncc3c2CCC[C@H]3NC(=O)c2ccc(OC)o2)cc1. The van der Waals surface area contributed by atoms with E-state index in [4.69, 9.17) is 13.9 Å². The molecule has 1 aromatic carbocycles. The molecule has 4 rings (SSSR count). The molecule has 7 heteroatoms. The smallest absolute Gasteiger partial charge is 0.287 e. The fourth-order valence-corrected chi connectivity index (χ4v) is 3.43. The maximum Gasteiger partial charge on any atom is 0.287 e. The molecular weight excluding hydrogens is 346 g/mol. The molecule has 3 aromatic rings. The van der Waals surface area contributed by atoms with Crippen molar-refractivity contribution in [3.63, 3.8) is 0 Å². The predicted molar refractivity (Wildman–Crippen MR) is 98.5 cm³/mol. The molecule has 0 fully saturated rings. The molecule has 1 N–H and O–H groups in total. The first kappa shape index (κ1) is 17.2. The summed E-state index contributed by atoms with van der Waals surface area (Å²) in [4.78, 5) is 12.5. The summed E-state index contributed by atoms with van der Waals surface area (Å²) in [5, 5.41) is 7.60. The molecule has 2 aromatic heterocycles. The number of aromatic nitrogens is 2. The van der Waals surface area contributed by atoms with Gasteiger partial charge >= 0.3 is 0 Å². The Hall–Kier alpha value is -3.22. The molecule has 0 saturated heterocycles. The van der Waals surface area contributed by atoms with Gasteiger partial charge in [0.2, 0.25) is 0 Å². The molecule has 140 valence electrons. The number of carbonyl (C=O) groups is 1. The third-order valence-corrected chi connectivity index (χ3v) is 4.81. The van der Waals surface area contributed by atoms with Gasteiger partial charge in [0.1, 0.15) is 5.75 Å². The largest absolute Gasteiger partial charge is 0.497 e. The maximum absolute atomic E-state index is 12.5. The quantitative estimate of drug-likeness (QED) is 0.749. The summed E-state index contributed by atoms with van der Waals surface area (Å²) in [7, 11) is 3.15. The van der Waals surface area contributed by atoms with E-state index in [0.717, 1.165) is 42.0 Å². The van der Waals surface area contributed by atoms with Gasteiger partial charge in [0, 0.05) is 17.3 Å². The number of hydrogen-bond acceptors (Lipinski definition) is 5. The summed E-state index contributed by atoms with van der Waals surface area (Å²) in [5.41, 5.74) is 3.14. The Balaban J connectivity index is 1.56. The van der Waals surface area contributed by atoms with Crippen LogP contribution in [0.4, 0.5) is 0 Å². The third-order valence-electron chi connectivity index (χ3n) is 4.81. The van der Waals surface area contributed by atoms with Gasteiger partial charge in [0.05, 0.1) is 32.1 Å². The van der Waals surface area contributed by atoms with Crippen LogP contribution in [-0.2, 0) is 6.42 Å². The van der Waals surface area contributed by atoms with E-state index in [-0.39, 0.29) is 17.7 Å². The van der Waals surface area contributed by atoms with Gasteiger partial charge in [0.15, 0.2) is 5.76 Å². The summed E-state index contributed by atoms with van der Waals surface area (Å²) < 4.78 is 17.5. The average molecular weight is 367 g/mol. The van der Waals surface area contributed by atoms with Crippen LogP contribution >= 0.6 is 0 Å². The van der Waals surface area contributed by atoms with Crippen molar-refractivity contribution in [2.45, 2.75) is 25.3 Å². The van der Waals surface area contributed by atoms with E-state index < -0.39 is 0 Å². The lowest BCUT2D eigenvalue weighted by atomic mass is 9.92. The van der Waals surface area contributed by atoms with Gasteiger partial charge in [0.25, 0.3) is 11.9 Å². The van der Waals surface area contributed by atoms with E-state index in [1.165, 1.54) is 7.11 Å². The zero-order valence-corrected chi connectivity index (χ0v) is 15.3. The van der Waals surface area contributed by atoms with Gasteiger partial charge in [-0.05, 0) is 49.6 Å². The number of fused-ring (bicyclic) bond motifs is 1. The fraction of sp³-hybridized carbons (Fsp3) is 0.300. The first-order chi connectivity index (χ1) is 13.2. The Morgan fingerprint density at radius 1 is 1.19 bits per heavy atom. The van der Waals surface area contributed by atoms with Gasteiger partial charge in [-0.1, -0.05) is 0 Å². The van der Waals surface area contributed by atoms with E-state index in [9.17, 15) is 4.79 Å². The second-order valence-corrected chi connectivity index (χ2v) is 6.40. The first-order valence-corrected chi connectivity index (χ1v) is 8.85. The zero-order valence-electron chi connectivity index (χ0n) is 15.3. The molecule has 1 aliphatic rings.